The summed E-state index contributed by atoms with van der Waals surface area (Å²) in [6.07, 6.45) is -2.22. The highest BCUT2D eigenvalue weighted by Gasteiger charge is 2.32. The first kappa shape index (κ1) is 24.2. The van der Waals surface area contributed by atoms with Crippen LogP contribution in [-0.4, -0.2) is 18.6 Å². The van der Waals surface area contributed by atoms with Gasteiger partial charge in [0.1, 0.15) is 11.5 Å². The Hall–Kier alpha value is -2.12. The fourth-order valence-corrected chi connectivity index (χ4v) is 3.08. The number of hydrogen-bond acceptors (Lipinski definition) is 3. The van der Waals surface area contributed by atoms with Gasteiger partial charge in [-0.25, -0.2) is 0 Å². The number of ether oxygens (including phenoxy) is 2. The summed E-state index contributed by atoms with van der Waals surface area (Å²) in [5.74, 6) is 0.431. The number of hydrogen-bond donors (Lipinski definition) is 1. The quantitative estimate of drug-likeness (QED) is 0.412. The number of unbranched alkanes of at least 4 members (excludes halogenated alkanes) is 2. The van der Waals surface area contributed by atoms with Crippen molar-refractivity contribution >= 4 is 29.1 Å². The first-order valence-corrected chi connectivity index (χ1v) is 10.2. The zero-order valence-corrected chi connectivity index (χ0v) is 18.0. The molecule has 0 heterocycles. The molecule has 0 saturated heterocycles. The predicted octanol–water partition coefficient (Wildman–Crippen LogP) is 6.88. The van der Waals surface area contributed by atoms with E-state index in [4.69, 9.17) is 32.7 Å². The molecule has 2 aromatic rings. The van der Waals surface area contributed by atoms with E-state index in [2.05, 4.69) is 12.2 Å². The van der Waals surface area contributed by atoms with Gasteiger partial charge in [0.15, 0.2) is 11.9 Å². The van der Waals surface area contributed by atoms with E-state index in [0.29, 0.717) is 18.0 Å². The van der Waals surface area contributed by atoms with E-state index in [1.54, 1.807) is 19.1 Å². The summed E-state index contributed by atoms with van der Waals surface area (Å²) in [6.45, 7) is 4.32. The Morgan fingerprint density at radius 2 is 1.63 bits per heavy atom. The van der Waals surface area contributed by atoms with Crippen LogP contribution in [0.5, 0.6) is 17.2 Å². The lowest BCUT2D eigenvalue weighted by Crippen LogP contribution is -2.36. The SMILES string of the molecule is CCCCCNC(=O)C(C)Oc1ccc(Oc2c(Cl)cc(C(F)(F)F)cc2Cl)cc1. The lowest BCUT2D eigenvalue weighted by atomic mass is 10.2. The minimum absolute atomic E-state index is 0.0835. The molecular formula is C21H22Cl2F3NO3. The van der Waals surface area contributed by atoms with Crippen LogP contribution in [0.2, 0.25) is 10.0 Å². The predicted molar refractivity (Wildman–Crippen MR) is 111 cm³/mol. The molecule has 1 atom stereocenters. The van der Waals surface area contributed by atoms with Crippen LogP contribution in [0.1, 0.15) is 38.7 Å². The summed E-state index contributed by atoms with van der Waals surface area (Å²) >= 11 is 11.8. The molecule has 0 spiro atoms. The molecular weight excluding hydrogens is 442 g/mol. The van der Waals surface area contributed by atoms with E-state index in [0.717, 1.165) is 31.4 Å². The van der Waals surface area contributed by atoms with Gasteiger partial charge in [0.25, 0.3) is 5.91 Å². The molecule has 30 heavy (non-hydrogen) atoms. The van der Waals surface area contributed by atoms with E-state index in [9.17, 15) is 18.0 Å². The Bertz CT molecular complexity index is 835. The van der Waals surface area contributed by atoms with Crippen LogP contribution in [0.25, 0.3) is 0 Å². The number of alkyl halides is 3. The third kappa shape index (κ3) is 6.99. The second kappa shape index (κ2) is 10.8. The van der Waals surface area contributed by atoms with E-state index in [1.807, 2.05) is 0 Å². The number of benzene rings is 2. The molecule has 9 heteroatoms. The van der Waals surface area contributed by atoms with Crippen molar-refractivity contribution in [2.75, 3.05) is 6.54 Å². The minimum Gasteiger partial charge on any atom is -0.481 e. The molecule has 0 fully saturated rings. The van der Waals surface area contributed by atoms with E-state index in [-0.39, 0.29) is 21.7 Å². The molecule has 4 nitrogen and oxygen atoms in total. The molecule has 1 amide bonds. The topological polar surface area (TPSA) is 47.6 Å². The summed E-state index contributed by atoms with van der Waals surface area (Å²) < 4.78 is 49.6. The molecule has 1 unspecified atom stereocenters. The third-order valence-corrected chi connectivity index (χ3v) is 4.69. The monoisotopic (exact) mass is 463 g/mol. The Kier molecular flexibility index (Phi) is 8.67. The first-order valence-electron chi connectivity index (χ1n) is 9.40. The first-order chi connectivity index (χ1) is 14.1. The zero-order chi connectivity index (χ0) is 22.3. The molecule has 0 aromatic heterocycles. The maximum absolute atomic E-state index is 12.8. The van der Waals surface area contributed by atoms with Crippen molar-refractivity contribution in [2.45, 2.75) is 45.4 Å². The maximum Gasteiger partial charge on any atom is 0.416 e. The van der Waals surface area contributed by atoms with Crippen LogP contribution in [-0.2, 0) is 11.0 Å². The highest BCUT2D eigenvalue weighted by Crippen LogP contribution is 2.41. The summed E-state index contributed by atoms with van der Waals surface area (Å²) in [5.41, 5.74) is -0.962. The van der Waals surface area contributed by atoms with Gasteiger partial charge in [-0.15, -0.1) is 0 Å². The Morgan fingerprint density at radius 3 is 2.17 bits per heavy atom. The molecule has 0 radical (unpaired) electrons. The zero-order valence-electron chi connectivity index (χ0n) is 16.5. The second-order valence-electron chi connectivity index (χ2n) is 6.60. The Balaban J connectivity index is 1.99. The summed E-state index contributed by atoms with van der Waals surface area (Å²) in [7, 11) is 0. The van der Waals surface area contributed by atoms with Gasteiger partial charge in [0.05, 0.1) is 15.6 Å². The van der Waals surface area contributed by atoms with Crippen LogP contribution >= 0.6 is 23.2 Å². The lowest BCUT2D eigenvalue weighted by Gasteiger charge is -2.16. The van der Waals surface area contributed by atoms with E-state index < -0.39 is 17.8 Å². The Morgan fingerprint density at radius 1 is 1.07 bits per heavy atom. The lowest BCUT2D eigenvalue weighted by molar-refractivity contribution is -0.137. The van der Waals surface area contributed by atoms with Gasteiger partial charge in [-0.3, -0.25) is 4.79 Å². The molecule has 0 aliphatic carbocycles. The molecule has 2 aromatic carbocycles. The number of carbonyl (C=O) groups excluding carboxylic acids is 1. The molecule has 0 bridgehead atoms. The molecule has 2 rings (SSSR count). The highest BCUT2D eigenvalue weighted by molar-refractivity contribution is 6.37. The number of carbonyl (C=O) groups is 1. The number of nitrogens with one attached hydrogen (secondary N) is 1. The van der Waals surface area contributed by atoms with Crippen molar-refractivity contribution in [1.29, 1.82) is 0 Å². The fourth-order valence-electron chi connectivity index (χ4n) is 2.51. The normalized spacial score (nSPS) is 12.4. The van der Waals surface area contributed by atoms with Crippen LogP contribution < -0.4 is 14.8 Å². The van der Waals surface area contributed by atoms with E-state index in [1.165, 1.54) is 12.1 Å². The second-order valence-corrected chi connectivity index (χ2v) is 7.41. The van der Waals surface area contributed by atoms with Crippen molar-refractivity contribution in [3.05, 3.63) is 52.0 Å². The average Bonchev–Trinajstić information content (AvgIpc) is 2.68. The van der Waals surface area contributed by atoms with Gasteiger partial charge < -0.3 is 14.8 Å². The minimum atomic E-state index is -4.57. The number of halogens is 5. The molecule has 0 aliphatic heterocycles. The van der Waals surface area contributed by atoms with Gasteiger partial charge in [-0.2, -0.15) is 13.2 Å². The largest absolute Gasteiger partial charge is 0.481 e. The number of rotatable bonds is 9. The summed E-state index contributed by atoms with van der Waals surface area (Å²) in [5, 5.41) is 2.29. The number of amides is 1. The third-order valence-electron chi connectivity index (χ3n) is 4.13. The highest BCUT2D eigenvalue weighted by atomic mass is 35.5. The van der Waals surface area contributed by atoms with Crippen molar-refractivity contribution < 1.29 is 27.4 Å². The van der Waals surface area contributed by atoms with Gasteiger partial charge in [0, 0.05) is 6.54 Å². The maximum atomic E-state index is 12.8. The molecule has 0 saturated carbocycles. The van der Waals surface area contributed by atoms with Crippen molar-refractivity contribution in [2.24, 2.45) is 0 Å². The van der Waals surface area contributed by atoms with Crippen LogP contribution in [0.4, 0.5) is 13.2 Å². The van der Waals surface area contributed by atoms with Gasteiger partial charge in [-0.05, 0) is 49.7 Å². The summed E-state index contributed by atoms with van der Waals surface area (Å²) in [4.78, 5) is 12.0. The van der Waals surface area contributed by atoms with Crippen LogP contribution in [0.15, 0.2) is 36.4 Å². The van der Waals surface area contributed by atoms with Gasteiger partial charge in [0.2, 0.25) is 0 Å². The fraction of sp³-hybridized carbons (Fsp3) is 0.381. The average molecular weight is 464 g/mol. The molecule has 0 aliphatic rings. The van der Waals surface area contributed by atoms with Crippen LogP contribution in [0, 0.1) is 0 Å². The van der Waals surface area contributed by atoms with Crippen molar-refractivity contribution in [1.82, 2.24) is 5.32 Å². The van der Waals surface area contributed by atoms with Crippen molar-refractivity contribution in [3.63, 3.8) is 0 Å². The van der Waals surface area contributed by atoms with E-state index >= 15 is 0 Å². The molecule has 164 valence electrons. The summed E-state index contributed by atoms with van der Waals surface area (Å²) in [6, 6.07) is 7.71. The molecule has 1 N–H and O–H groups in total. The standard InChI is InChI=1S/C21H22Cl2F3NO3/c1-3-4-5-10-27-20(28)13(2)29-15-6-8-16(9-7-15)30-19-17(22)11-14(12-18(19)23)21(24,25)26/h6-9,11-13H,3-5,10H2,1-2H3,(H,27,28). The van der Waals surface area contributed by atoms with Gasteiger partial charge >= 0.3 is 6.18 Å². The Labute approximate surface area is 183 Å². The smallest absolute Gasteiger partial charge is 0.416 e. The van der Waals surface area contributed by atoms with Crippen LogP contribution in [0.3, 0.4) is 0 Å². The van der Waals surface area contributed by atoms with Crippen molar-refractivity contribution in [3.8, 4) is 17.2 Å². The van der Waals surface area contributed by atoms with Gasteiger partial charge in [-0.1, -0.05) is 43.0 Å².